The molecule has 0 fully saturated rings. The van der Waals surface area contributed by atoms with Crippen LogP contribution in [0.5, 0.6) is 5.75 Å². The summed E-state index contributed by atoms with van der Waals surface area (Å²) in [6, 6.07) is 27.5. The molecule has 0 aromatic heterocycles. The maximum absolute atomic E-state index is 13.7. The number of benzene rings is 4. The van der Waals surface area contributed by atoms with Gasteiger partial charge in [0.25, 0.3) is 11.8 Å². The van der Waals surface area contributed by atoms with Crippen LogP contribution in [-0.2, 0) is 4.79 Å². The Kier molecular flexibility index (Phi) is 8.07. The molecule has 0 unspecified atom stereocenters. The molecule has 0 aliphatic heterocycles. The predicted octanol–water partition coefficient (Wildman–Crippen LogP) is 5.74. The average molecular weight is 499 g/mol. The first kappa shape index (κ1) is 24.9. The van der Waals surface area contributed by atoms with Crippen LogP contribution in [0.25, 0.3) is 0 Å². The molecule has 0 atom stereocenters. The summed E-state index contributed by atoms with van der Waals surface area (Å²) in [4.78, 5) is 37.2. The van der Waals surface area contributed by atoms with Crippen LogP contribution < -0.4 is 26.0 Å². The second-order valence-electron chi connectivity index (χ2n) is 7.79. The van der Waals surface area contributed by atoms with E-state index in [-0.39, 0.29) is 17.0 Å². The Morgan fingerprint density at radius 3 is 1.89 bits per heavy atom. The van der Waals surface area contributed by atoms with Crippen molar-refractivity contribution >= 4 is 40.6 Å². The Balaban J connectivity index is 1.32. The number of rotatable bonds is 8. The highest BCUT2D eigenvalue weighted by molar-refractivity contribution is 6.06. The van der Waals surface area contributed by atoms with Gasteiger partial charge in [0.1, 0.15) is 11.6 Å². The van der Waals surface area contributed by atoms with Gasteiger partial charge in [0.2, 0.25) is 0 Å². The van der Waals surface area contributed by atoms with Gasteiger partial charge in [-0.15, -0.1) is 0 Å². The van der Waals surface area contributed by atoms with Crippen LogP contribution in [0.1, 0.15) is 10.4 Å². The number of hydrogen-bond acceptors (Lipinski definition) is 4. The zero-order valence-electron chi connectivity index (χ0n) is 19.5. The predicted molar refractivity (Wildman–Crippen MR) is 140 cm³/mol. The zero-order valence-corrected chi connectivity index (χ0v) is 19.5. The van der Waals surface area contributed by atoms with E-state index in [0.717, 1.165) is 0 Å². The largest absolute Gasteiger partial charge is 0.483 e. The molecule has 0 aliphatic rings. The number of ether oxygens (including phenoxy) is 1. The van der Waals surface area contributed by atoms with Crippen molar-refractivity contribution in [3.8, 4) is 5.75 Å². The van der Waals surface area contributed by atoms with E-state index in [1.165, 1.54) is 18.2 Å². The first-order valence-electron chi connectivity index (χ1n) is 11.3. The Labute approximate surface area is 212 Å². The van der Waals surface area contributed by atoms with Crippen LogP contribution in [0.2, 0.25) is 0 Å². The van der Waals surface area contributed by atoms with Gasteiger partial charge in [-0.05, 0) is 60.7 Å². The van der Waals surface area contributed by atoms with Crippen molar-refractivity contribution in [2.45, 2.75) is 0 Å². The van der Waals surface area contributed by atoms with E-state index >= 15 is 0 Å². The van der Waals surface area contributed by atoms with E-state index in [1.54, 1.807) is 66.7 Å². The minimum absolute atomic E-state index is 0.0395. The van der Waals surface area contributed by atoms with Crippen molar-refractivity contribution in [1.82, 2.24) is 0 Å². The summed E-state index contributed by atoms with van der Waals surface area (Å²) in [5.74, 6) is -1.39. The summed E-state index contributed by atoms with van der Waals surface area (Å²) < 4.78 is 19.3. The number of anilines is 4. The number of nitrogens with one attached hydrogen (secondary N) is 4. The van der Waals surface area contributed by atoms with Crippen molar-refractivity contribution in [2.75, 3.05) is 27.9 Å². The molecule has 0 heterocycles. The van der Waals surface area contributed by atoms with Crippen LogP contribution >= 0.6 is 0 Å². The molecule has 4 rings (SSSR count). The van der Waals surface area contributed by atoms with Crippen molar-refractivity contribution < 1.29 is 23.5 Å². The fourth-order valence-electron chi connectivity index (χ4n) is 3.32. The van der Waals surface area contributed by atoms with Crippen LogP contribution in [-0.4, -0.2) is 24.5 Å². The number of amides is 4. The highest BCUT2D eigenvalue weighted by atomic mass is 19.1. The van der Waals surface area contributed by atoms with Gasteiger partial charge < -0.3 is 26.0 Å². The third-order valence-electron chi connectivity index (χ3n) is 5.07. The minimum Gasteiger partial charge on any atom is -0.483 e. The second kappa shape index (κ2) is 12.0. The quantitative estimate of drug-likeness (QED) is 0.248. The second-order valence-corrected chi connectivity index (χ2v) is 7.79. The first-order chi connectivity index (χ1) is 18.0. The number of carbonyl (C=O) groups is 3. The lowest BCUT2D eigenvalue weighted by molar-refractivity contribution is -0.118. The Hall–Kier alpha value is -5.18. The lowest BCUT2D eigenvalue weighted by Crippen LogP contribution is -2.22. The van der Waals surface area contributed by atoms with E-state index in [2.05, 4.69) is 21.3 Å². The van der Waals surface area contributed by atoms with Gasteiger partial charge in [-0.1, -0.05) is 42.5 Å². The smallest absolute Gasteiger partial charge is 0.323 e. The van der Waals surface area contributed by atoms with Crippen molar-refractivity contribution in [2.24, 2.45) is 0 Å². The summed E-state index contributed by atoms with van der Waals surface area (Å²) in [5, 5.41) is 10.6. The summed E-state index contributed by atoms with van der Waals surface area (Å²) >= 11 is 0. The highest BCUT2D eigenvalue weighted by Crippen LogP contribution is 2.21. The van der Waals surface area contributed by atoms with E-state index in [4.69, 9.17) is 4.74 Å². The lowest BCUT2D eigenvalue weighted by atomic mass is 10.2. The van der Waals surface area contributed by atoms with Crippen molar-refractivity contribution in [1.29, 1.82) is 0 Å². The number of para-hydroxylation sites is 3. The first-order valence-corrected chi connectivity index (χ1v) is 11.3. The normalized spacial score (nSPS) is 10.2. The van der Waals surface area contributed by atoms with Gasteiger partial charge in [0, 0.05) is 17.1 Å². The molecule has 0 radical (unpaired) electrons. The van der Waals surface area contributed by atoms with Crippen LogP contribution in [0.4, 0.5) is 31.9 Å². The molecule has 186 valence electrons. The Morgan fingerprint density at radius 1 is 0.622 bits per heavy atom. The van der Waals surface area contributed by atoms with E-state index in [1.807, 2.05) is 18.2 Å². The molecule has 9 heteroatoms. The average Bonchev–Trinajstić information content (AvgIpc) is 2.90. The number of carbonyl (C=O) groups excluding carboxylic acids is 3. The third kappa shape index (κ3) is 7.15. The molecule has 0 saturated carbocycles. The molecule has 0 aliphatic carbocycles. The fourth-order valence-corrected chi connectivity index (χ4v) is 3.32. The molecule has 8 nitrogen and oxygen atoms in total. The van der Waals surface area contributed by atoms with Gasteiger partial charge in [-0.25, -0.2) is 9.18 Å². The minimum atomic E-state index is -0.570. The monoisotopic (exact) mass is 498 g/mol. The fraction of sp³-hybridized carbons (Fsp3) is 0.0357. The SMILES string of the molecule is O=C(COc1ccccc1C(=O)Nc1ccc(NC(=O)Nc2ccccc2)cc1)Nc1ccccc1F. The van der Waals surface area contributed by atoms with E-state index in [0.29, 0.717) is 17.1 Å². The Morgan fingerprint density at radius 2 is 1.19 bits per heavy atom. The molecular weight excluding hydrogens is 475 g/mol. The summed E-state index contributed by atoms with van der Waals surface area (Å²) in [6.07, 6.45) is 0. The zero-order chi connectivity index (χ0) is 26.0. The lowest BCUT2D eigenvalue weighted by Gasteiger charge is -2.13. The Bertz CT molecular complexity index is 1390. The molecule has 0 bridgehead atoms. The molecule has 4 aromatic carbocycles. The summed E-state index contributed by atoms with van der Waals surface area (Å²) in [5.41, 5.74) is 1.94. The van der Waals surface area contributed by atoms with Crippen molar-refractivity contribution in [3.05, 3.63) is 115 Å². The number of halogens is 1. The number of hydrogen-bond donors (Lipinski definition) is 4. The third-order valence-corrected chi connectivity index (χ3v) is 5.07. The van der Waals surface area contributed by atoms with E-state index < -0.39 is 30.3 Å². The van der Waals surface area contributed by atoms with E-state index in [9.17, 15) is 18.8 Å². The summed E-state index contributed by atoms with van der Waals surface area (Å²) in [7, 11) is 0. The standard InChI is InChI=1S/C28H23FN4O4/c29-23-11-5-6-12-24(23)33-26(34)18-37-25-13-7-4-10-22(25)27(35)30-20-14-16-21(17-15-20)32-28(36)31-19-8-2-1-3-9-19/h1-17H,18H2,(H,30,35)(H,33,34)(H2,31,32,36). The molecule has 4 amide bonds. The topological polar surface area (TPSA) is 109 Å². The maximum Gasteiger partial charge on any atom is 0.323 e. The molecule has 0 spiro atoms. The molecular formula is C28H23FN4O4. The summed E-state index contributed by atoms with van der Waals surface area (Å²) in [6.45, 7) is -0.413. The maximum atomic E-state index is 13.7. The van der Waals surface area contributed by atoms with Gasteiger partial charge in [-0.3, -0.25) is 9.59 Å². The molecule has 37 heavy (non-hydrogen) atoms. The molecule has 4 N–H and O–H groups in total. The molecule has 0 saturated heterocycles. The van der Waals surface area contributed by atoms with Crippen molar-refractivity contribution in [3.63, 3.8) is 0 Å². The van der Waals surface area contributed by atoms with Crippen LogP contribution in [0.3, 0.4) is 0 Å². The number of urea groups is 1. The van der Waals surface area contributed by atoms with Gasteiger partial charge >= 0.3 is 6.03 Å². The van der Waals surface area contributed by atoms with Crippen LogP contribution in [0.15, 0.2) is 103 Å². The molecule has 4 aromatic rings. The highest BCUT2D eigenvalue weighted by Gasteiger charge is 2.14. The van der Waals surface area contributed by atoms with Gasteiger partial charge in [0.05, 0.1) is 11.3 Å². The van der Waals surface area contributed by atoms with Gasteiger partial charge in [0.15, 0.2) is 6.61 Å². The van der Waals surface area contributed by atoms with Gasteiger partial charge in [-0.2, -0.15) is 0 Å². The van der Waals surface area contributed by atoms with Crippen LogP contribution in [0, 0.1) is 5.82 Å².